The van der Waals surface area contributed by atoms with Gasteiger partial charge in [0, 0.05) is 6.04 Å². The molecular weight excluding hydrogens is 254 g/mol. The number of carbonyl (C=O) groups is 1. The minimum atomic E-state index is -0.308. The molecule has 2 bridgehead atoms. The van der Waals surface area contributed by atoms with Gasteiger partial charge in [-0.25, -0.2) is 4.79 Å². The summed E-state index contributed by atoms with van der Waals surface area (Å²) in [6, 6.07) is 7.74. The third kappa shape index (κ3) is 2.45. The van der Waals surface area contributed by atoms with E-state index in [-0.39, 0.29) is 18.1 Å². The van der Waals surface area contributed by atoms with Gasteiger partial charge in [0.05, 0.1) is 18.8 Å². The van der Waals surface area contributed by atoms with Crippen molar-refractivity contribution in [2.45, 2.75) is 31.4 Å². The van der Waals surface area contributed by atoms with Crippen molar-refractivity contribution in [3.8, 4) is 0 Å². The number of fused-ring (bicyclic) bond motifs is 3. The maximum Gasteiger partial charge on any atom is 0.337 e. The van der Waals surface area contributed by atoms with Gasteiger partial charge in [-0.3, -0.25) is 4.90 Å². The van der Waals surface area contributed by atoms with E-state index in [1.807, 2.05) is 12.1 Å². The standard InChI is InChI=1S/C16H21NO3/c1-20-16(19)13-4-2-11(3-5-13)10-14-15(18)12-6-8-17(14)9-7-12/h2-5,12,14-15,18H,6-10H2,1H3. The number of esters is 1. The van der Waals surface area contributed by atoms with Crippen molar-refractivity contribution in [2.75, 3.05) is 20.2 Å². The second-order valence-corrected chi connectivity index (χ2v) is 5.82. The van der Waals surface area contributed by atoms with Crippen LogP contribution in [0.4, 0.5) is 0 Å². The first-order valence-electron chi connectivity index (χ1n) is 7.28. The van der Waals surface area contributed by atoms with Gasteiger partial charge in [-0.2, -0.15) is 0 Å². The van der Waals surface area contributed by atoms with Crippen LogP contribution in [0.1, 0.15) is 28.8 Å². The van der Waals surface area contributed by atoms with Gasteiger partial charge in [-0.1, -0.05) is 12.1 Å². The highest BCUT2D eigenvalue weighted by Crippen LogP contribution is 2.33. The number of aliphatic hydroxyl groups excluding tert-OH is 1. The number of hydrogen-bond donors (Lipinski definition) is 1. The van der Waals surface area contributed by atoms with Crippen LogP contribution in [0, 0.1) is 5.92 Å². The summed E-state index contributed by atoms with van der Waals surface area (Å²) in [4.78, 5) is 13.8. The van der Waals surface area contributed by atoms with E-state index in [0.29, 0.717) is 11.5 Å². The third-order valence-electron chi connectivity index (χ3n) is 4.74. The molecule has 0 saturated carbocycles. The second kappa shape index (κ2) is 5.54. The van der Waals surface area contributed by atoms with E-state index in [9.17, 15) is 9.90 Å². The van der Waals surface area contributed by atoms with E-state index in [2.05, 4.69) is 4.90 Å². The van der Waals surface area contributed by atoms with Gasteiger partial charge >= 0.3 is 5.97 Å². The maximum absolute atomic E-state index is 11.4. The van der Waals surface area contributed by atoms with Crippen molar-refractivity contribution in [2.24, 2.45) is 5.92 Å². The average Bonchev–Trinajstić information content (AvgIpc) is 2.51. The first-order chi connectivity index (χ1) is 9.69. The van der Waals surface area contributed by atoms with Crippen LogP contribution >= 0.6 is 0 Å². The number of methoxy groups -OCH3 is 1. The molecule has 3 aliphatic rings. The van der Waals surface area contributed by atoms with E-state index < -0.39 is 0 Å². The molecule has 0 amide bonds. The number of rotatable bonds is 3. The zero-order valence-corrected chi connectivity index (χ0v) is 11.8. The SMILES string of the molecule is COC(=O)c1ccc(CC2C(O)C3CCN2CC3)cc1. The maximum atomic E-state index is 11.4. The molecule has 2 atom stereocenters. The Kier molecular flexibility index (Phi) is 3.76. The Bertz CT molecular complexity index is 475. The predicted octanol–water partition coefficient (Wildman–Crippen LogP) is 1.47. The van der Waals surface area contributed by atoms with Crippen molar-refractivity contribution < 1.29 is 14.6 Å². The van der Waals surface area contributed by atoms with Crippen LogP contribution in [0.2, 0.25) is 0 Å². The molecule has 20 heavy (non-hydrogen) atoms. The lowest BCUT2D eigenvalue weighted by Crippen LogP contribution is -2.58. The lowest BCUT2D eigenvalue weighted by atomic mass is 9.78. The molecule has 0 aliphatic carbocycles. The Labute approximate surface area is 119 Å². The number of ether oxygens (including phenoxy) is 1. The van der Waals surface area contributed by atoms with Crippen LogP contribution in [-0.2, 0) is 11.2 Å². The highest BCUT2D eigenvalue weighted by Gasteiger charge is 2.40. The van der Waals surface area contributed by atoms with Gasteiger partial charge in [0.1, 0.15) is 0 Å². The summed E-state index contributed by atoms with van der Waals surface area (Å²) in [5.41, 5.74) is 1.73. The highest BCUT2D eigenvalue weighted by atomic mass is 16.5. The second-order valence-electron chi connectivity index (χ2n) is 5.82. The van der Waals surface area contributed by atoms with Crippen LogP contribution in [0.3, 0.4) is 0 Å². The highest BCUT2D eigenvalue weighted by molar-refractivity contribution is 5.89. The van der Waals surface area contributed by atoms with Crippen LogP contribution in [0.25, 0.3) is 0 Å². The molecule has 1 aromatic carbocycles. The van der Waals surface area contributed by atoms with Crippen LogP contribution in [-0.4, -0.2) is 48.3 Å². The number of nitrogens with zero attached hydrogens (tertiary/aromatic N) is 1. The summed E-state index contributed by atoms with van der Waals surface area (Å²) >= 11 is 0. The minimum Gasteiger partial charge on any atom is -0.465 e. The average molecular weight is 275 g/mol. The van der Waals surface area contributed by atoms with E-state index >= 15 is 0 Å². The lowest BCUT2D eigenvalue weighted by molar-refractivity contribution is -0.0715. The molecule has 1 N–H and O–H groups in total. The van der Waals surface area contributed by atoms with E-state index in [0.717, 1.165) is 37.9 Å². The van der Waals surface area contributed by atoms with Crippen LogP contribution in [0.5, 0.6) is 0 Å². The first kappa shape index (κ1) is 13.6. The van der Waals surface area contributed by atoms with Gasteiger partial charge < -0.3 is 9.84 Å². The Balaban J connectivity index is 1.70. The van der Waals surface area contributed by atoms with E-state index in [1.54, 1.807) is 12.1 Å². The summed E-state index contributed by atoms with van der Waals surface area (Å²) in [5.74, 6) is 0.163. The molecule has 3 heterocycles. The third-order valence-corrected chi connectivity index (χ3v) is 4.74. The van der Waals surface area contributed by atoms with Crippen LogP contribution in [0.15, 0.2) is 24.3 Å². The molecule has 3 aliphatic heterocycles. The molecule has 0 aromatic heterocycles. The fourth-order valence-corrected chi connectivity index (χ4v) is 3.51. The number of piperidine rings is 3. The Morgan fingerprint density at radius 2 is 1.95 bits per heavy atom. The summed E-state index contributed by atoms with van der Waals surface area (Å²) in [6.45, 7) is 2.21. The van der Waals surface area contributed by atoms with Gasteiger partial charge in [0.15, 0.2) is 0 Å². The van der Waals surface area contributed by atoms with Gasteiger partial charge in [0.2, 0.25) is 0 Å². The Morgan fingerprint density at radius 3 is 2.50 bits per heavy atom. The molecule has 3 saturated heterocycles. The number of carbonyl (C=O) groups excluding carboxylic acids is 1. The number of aliphatic hydroxyl groups is 1. The number of benzene rings is 1. The first-order valence-corrected chi connectivity index (χ1v) is 7.28. The Morgan fingerprint density at radius 1 is 1.30 bits per heavy atom. The molecule has 108 valence electrons. The van der Waals surface area contributed by atoms with Crippen molar-refractivity contribution in [1.82, 2.24) is 4.90 Å². The predicted molar refractivity (Wildman–Crippen MR) is 75.6 cm³/mol. The van der Waals surface area contributed by atoms with E-state index in [4.69, 9.17) is 4.74 Å². The van der Waals surface area contributed by atoms with Gasteiger partial charge in [-0.15, -0.1) is 0 Å². The molecule has 0 spiro atoms. The van der Waals surface area contributed by atoms with Crippen molar-refractivity contribution in [3.63, 3.8) is 0 Å². The van der Waals surface area contributed by atoms with Gasteiger partial charge in [0.25, 0.3) is 0 Å². The van der Waals surface area contributed by atoms with Crippen molar-refractivity contribution in [1.29, 1.82) is 0 Å². The largest absolute Gasteiger partial charge is 0.465 e. The molecule has 2 unspecified atom stereocenters. The summed E-state index contributed by atoms with van der Waals surface area (Å²) in [6.07, 6.45) is 2.88. The molecule has 3 fully saturated rings. The fraction of sp³-hybridized carbons (Fsp3) is 0.562. The molecule has 4 heteroatoms. The number of hydrogen-bond acceptors (Lipinski definition) is 4. The molecule has 4 rings (SSSR count). The normalized spacial score (nSPS) is 32.1. The van der Waals surface area contributed by atoms with Crippen molar-refractivity contribution >= 4 is 5.97 Å². The molecule has 1 aromatic rings. The van der Waals surface area contributed by atoms with Crippen molar-refractivity contribution in [3.05, 3.63) is 35.4 Å². The molecule has 0 radical (unpaired) electrons. The summed E-state index contributed by atoms with van der Waals surface area (Å²) in [7, 11) is 1.39. The molecule has 4 nitrogen and oxygen atoms in total. The zero-order chi connectivity index (χ0) is 14.1. The fourth-order valence-electron chi connectivity index (χ4n) is 3.51. The monoisotopic (exact) mass is 275 g/mol. The summed E-state index contributed by atoms with van der Waals surface area (Å²) in [5, 5.41) is 10.4. The minimum absolute atomic E-state index is 0.210. The molecular formula is C16H21NO3. The quantitative estimate of drug-likeness (QED) is 0.849. The van der Waals surface area contributed by atoms with Gasteiger partial charge in [-0.05, 0) is 56.0 Å². The van der Waals surface area contributed by atoms with Crippen LogP contribution < -0.4 is 0 Å². The Hall–Kier alpha value is -1.39. The van der Waals surface area contributed by atoms with E-state index in [1.165, 1.54) is 7.11 Å². The lowest BCUT2D eigenvalue weighted by Gasteiger charge is -2.49. The topological polar surface area (TPSA) is 49.8 Å². The smallest absolute Gasteiger partial charge is 0.337 e. The zero-order valence-electron chi connectivity index (χ0n) is 11.8. The summed E-state index contributed by atoms with van der Waals surface area (Å²) < 4.78 is 4.70.